The van der Waals surface area contributed by atoms with Crippen molar-refractivity contribution < 1.29 is 4.74 Å². The van der Waals surface area contributed by atoms with Crippen molar-refractivity contribution >= 4 is 17.4 Å². The molecule has 0 aliphatic heterocycles. The van der Waals surface area contributed by atoms with E-state index in [9.17, 15) is 0 Å². The van der Waals surface area contributed by atoms with Crippen molar-refractivity contribution in [1.82, 2.24) is 9.97 Å². The van der Waals surface area contributed by atoms with Gasteiger partial charge in [0.05, 0.1) is 0 Å². The standard InChI is InChI=1S/C16H20ClN3O/c1-4-7-18-15-9-12(3)19-16(20-15)10-21-13-5-6-14(17)11(2)8-13/h5-6,8-9H,4,7,10H2,1-3H3,(H,18,19,20). The van der Waals surface area contributed by atoms with Crippen LogP contribution in [0.3, 0.4) is 0 Å². The number of nitrogens with one attached hydrogen (secondary N) is 1. The van der Waals surface area contributed by atoms with Crippen LogP contribution in [-0.4, -0.2) is 16.5 Å². The monoisotopic (exact) mass is 305 g/mol. The van der Waals surface area contributed by atoms with Crippen molar-refractivity contribution in [3.63, 3.8) is 0 Å². The van der Waals surface area contributed by atoms with Crippen LogP contribution in [-0.2, 0) is 6.61 Å². The van der Waals surface area contributed by atoms with Gasteiger partial charge in [-0.05, 0) is 44.0 Å². The molecule has 5 heteroatoms. The summed E-state index contributed by atoms with van der Waals surface area (Å²) >= 11 is 6.00. The Bertz CT molecular complexity index is 616. The Hall–Kier alpha value is -1.81. The van der Waals surface area contributed by atoms with Crippen LogP contribution in [0.4, 0.5) is 5.82 Å². The summed E-state index contributed by atoms with van der Waals surface area (Å²) in [6, 6.07) is 7.53. The van der Waals surface area contributed by atoms with E-state index < -0.39 is 0 Å². The fraction of sp³-hybridized carbons (Fsp3) is 0.375. The maximum Gasteiger partial charge on any atom is 0.168 e. The highest BCUT2D eigenvalue weighted by Crippen LogP contribution is 2.21. The minimum absolute atomic E-state index is 0.337. The fourth-order valence-corrected chi connectivity index (χ4v) is 2.01. The van der Waals surface area contributed by atoms with Gasteiger partial charge in [-0.15, -0.1) is 0 Å². The Morgan fingerprint density at radius 2 is 2.00 bits per heavy atom. The lowest BCUT2D eigenvalue weighted by atomic mass is 10.2. The molecule has 1 N–H and O–H groups in total. The number of nitrogens with zero attached hydrogens (tertiary/aromatic N) is 2. The molecule has 0 saturated heterocycles. The van der Waals surface area contributed by atoms with Crippen LogP contribution in [0.2, 0.25) is 5.02 Å². The third-order valence-electron chi connectivity index (χ3n) is 2.95. The lowest BCUT2D eigenvalue weighted by Crippen LogP contribution is -2.08. The Morgan fingerprint density at radius 1 is 1.19 bits per heavy atom. The van der Waals surface area contributed by atoms with Crippen LogP contribution >= 0.6 is 11.6 Å². The first-order chi connectivity index (χ1) is 10.1. The molecule has 0 aliphatic rings. The first-order valence-corrected chi connectivity index (χ1v) is 7.43. The van der Waals surface area contributed by atoms with Gasteiger partial charge in [0.1, 0.15) is 18.2 Å². The molecule has 4 nitrogen and oxygen atoms in total. The van der Waals surface area contributed by atoms with Gasteiger partial charge in [-0.1, -0.05) is 18.5 Å². The summed E-state index contributed by atoms with van der Waals surface area (Å²) in [7, 11) is 0. The summed E-state index contributed by atoms with van der Waals surface area (Å²) < 4.78 is 5.73. The molecule has 0 spiro atoms. The lowest BCUT2D eigenvalue weighted by molar-refractivity contribution is 0.295. The molecule has 1 heterocycles. The molecule has 0 unspecified atom stereocenters. The average Bonchev–Trinajstić information content (AvgIpc) is 2.46. The van der Waals surface area contributed by atoms with Crippen molar-refractivity contribution in [3.05, 3.63) is 46.4 Å². The molecule has 0 aliphatic carbocycles. The zero-order valence-electron chi connectivity index (χ0n) is 12.6. The topological polar surface area (TPSA) is 47.0 Å². The van der Waals surface area contributed by atoms with E-state index in [1.54, 1.807) is 0 Å². The van der Waals surface area contributed by atoms with E-state index in [2.05, 4.69) is 22.2 Å². The fourth-order valence-electron chi connectivity index (χ4n) is 1.89. The molecule has 0 atom stereocenters. The number of ether oxygens (including phenoxy) is 1. The number of hydrogen-bond donors (Lipinski definition) is 1. The second-order valence-corrected chi connectivity index (χ2v) is 5.34. The zero-order valence-corrected chi connectivity index (χ0v) is 13.4. The van der Waals surface area contributed by atoms with Gasteiger partial charge in [-0.3, -0.25) is 0 Å². The van der Waals surface area contributed by atoms with Gasteiger partial charge >= 0.3 is 0 Å². The number of aryl methyl sites for hydroxylation is 2. The van der Waals surface area contributed by atoms with E-state index in [0.717, 1.165) is 40.8 Å². The summed E-state index contributed by atoms with van der Waals surface area (Å²) in [6.45, 7) is 7.25. The van der Waals surface area contributed by atoms with Crippen LogP contribution in [0.25, 0.3) is 0 Å². The molecular formula is C16H20ClN3O. The predicted molar refractivity (Wildman–Crippen MR) is 86.1 cm³/mol. The normalized spacial score (nSPS) is 10.5. The van der Waals surface area contributed by atoms with Crippen molar-refractivity contribution in [2.75, 3.05) is 11.9 Å². The Labute approximate surface area is 130 Å². The number of hydrogen-bond acceptors (Lipinski definition) is 4. The number of aromatic nitrogens is 2. The van der Waals surface area contributed by atoms with Gasteiger partial charge in [0, 0.05) is 23.3 Å². The van der Waals surface area contributed by atoms with Crippen LogP contribution in [0.5, 0.6) is 5.75 Å². The van der Waals surface area contributed by atoms with Crippen LogP contribution in [0.1, 0.15) is 30.4 Å². The van der Waals surface area contributed by atoms with E-state index in [4.69, 9.17) is 16.3 Å². The van der Waals surface area contributed by atoms with Gasteiger partial charge in [0.2, 0.25) is 0 Å². The largest absolute Gasteiger partial charge is 0.486 e. The molecule has 1 aromatic heterocycles. The SMILES string of the molecule is CCCNc1cc(C)nc(COc2ccc(Cl)c(C)c2)n1. The first kappa shape index (κ1) is 15.6. The lowest BCUT2D eigenvalue weighted by Gasteiger charge is -2.10. The van der Waals surface area contributed by atoms with E-state index >= 15 is 0 Å². The van der Waals surface area contributed by atoms with Crippen molar-refractivity contribution in [1.29, 1.82) is 0 Å². The van der Waals surface area contributed by atoms with E-state index in [0.29, 0.717) is 12.4 Å². The van der Waals surface area contributed by atoms with Crippen LogP contribution in [0.15, 0.2) is 24.3 Å². The maximum atomic E-state index is 6.00. The Kier molecular flexibility index (Phi) is 5.39. The highest BCUT2D eigenvalue weighted by atomic mass is 35.5. The van der Waals surface area contributed by atoms with E-state index in [1.165, 1.54) is 0 Å². The van der Waals surface area contributed by atoms with Gasteiger partial charge < -0.3 is 10.1 Å². The minimum Gasteiger partial charge on any atom is -0.486 e. The van der Waals surface area contributed by atoms with E-state index in [1.807, 2.05) is 38.1 Å². The molecule has 0 saturated carbocycles. The molecule has 0 amide bonds. The molecule has 2 aromatic rings. The van der Waals surface area contributed by atoms with Crippen molar-refractivity contribution in [2.24, 2.45) is 0 Å². The summed E-state index contributed by atoms with van der Waals surface area (Å²) in [4.78, 5) is 8.85. The second kappa shape index (κ2) is 7.27. The van der Waals surface area contributed by atoms with Gasteiger partial charge in [-0.25, -0.2) is 9.97 Å². The second-order valence-electron chi connectivity index (χ2n) is 4.94. The average molecular weight is 306 g/mol. The third kappa shape index (κ3) is 4.60. The summed E-state index contributed by atoms with van der Waals surface area (Å²) in [5, 5.41) is 4.00. The molecule has 0 fully saturated rings. The maximum absolute atomic E-state index is 6.00. The minimum atomic E-state index is 0.337. The molecule has 112 valence electrons. The number of anilines is 1. The molecule has 2 rings (SSSR count). The number of halogens is 1. The molecular weight excluding hydrogens is 286 g/mol. The quantitative estimate of drug-likeness (QED) is 0.871. The van der Waals surface area contributed by atoms with Crippen molar-refractivity contribution in [3.8, 4) is 5.75 Å². The summed E-state index contributed by atoms with van der Waals surface area (Å²) in [6.07, 6.45) is 1.05. The number of benzene rings is 1. The molecule has 21 heavy (non-hydrogen) atoms. The molecule has 0 bridgehead atoms. The third-order valence-corrected chi connectivity index (χ3v) is 3.38. The summed E-state index contributed by atoms with van der Waals surface area (Å²) in [5.41, 5.74) is 1.92. The van der Waals surface area contributed by atoms with Crippen molar-refractivity contribution in [2.45, 2.75) is 33.8 Å². The Balaban J connectivity index is 2.05. The van der Waals surface area contributed by atoms with E-state index in [-0.39, 0.29) is 0 Å². The zero-order chi connectivity index (χ0) is 15.2. The molecule has 0 radical (unpaired) electrons. The smallest absolute Gasteiger partial charge is 0.168 e. The van der Waals surface area contributed by atoms with Gasteiger partial charge in [-0.2, -0.15) is 0 Å². The first-order valence-electron chi connectivity index (χ1n) is 7.06. The molecule has 1 aromatic carbocycles. The highest BCUT2D eigenvalue weighted by molar-refractivity contribution is 6.31. The Morgan fingerprint density at radius 3 is 2.71 bits per heavy atom. The van der Waals surface area contributed by atoms with Gasteiger partial charge in [0.25, 0.3) is 0 Å². The van der Waals surface area contributed by atoms with Crippen LogP contribution in [0, 0.1) is 13.8 Å². The predicted octanol–water partition coefficient (Wildman–Crippen LogP) is 4.15. The van der Waals surface area contributed by atoms with Gasteiger partial charge in [0.15, 0.2) is 5.82 Å². The van der Waals surface area contributed by atoms with Crippen LogP contribution < -0.4 is 10.1 Å². The highest BCUT2D eigenvalue weighted by Gasteiger charge is 2.04. The number of rotatable bonds is 6. The summed E-state index contributed by atoms with van der Waals surface area (Å²) in [5.74, 6) is 2.28.